The fourth-order valence-electron chi connectivity index (χ4n) is 6.41. The van der Waals surface area contributed by atoms with Crippen molar-refractivity contribution in [2.45, 2.75) is 19.6 Å². The SMILES string of the molecule is COc1ccc(-c2oc(-c3ccc(OC)cc3OC)c3c2SC(=C2Sc4c(-c5ccc(OC)cc5OC)oc(-c5ccc(OC)cc5OC)c4S2)S3)c(OC)c1. The lowest BCUT2D eigenvalue weighted by atomic mass is 10.1. The Labute approximate surface area is 341 Å². The average Bonchev–Trinajstić information content (AvgIpc) is 4.03. The van der Waals surface area contributed by atoms with Crippen molar-refractivity contribution in [3.05, 3.63) is 81.3 Å². The van der Waals surface area contributed by atoms with E-state index in [0.29, 0.717) is 69.0 Å². The van der Waals surface area contributed by atoms with Crippen molar-refractivity contribution in [1.82, 2.24) is 0 Å². The number of hydrogen-bond donors (Lipinski definition) is 0. The van der Waals surface area contributed by atoms with E-state index >= 15 is 0 Å². The fraction of sp³-hybridized carbons (Fsp3) is 0.190. The number of rotatable bonds is 12. The molecule has 0 N–H and O–H groups in total. The lowest BCUT2D eigenvalue weighted by Gasteiger charge is -2.12. The van der Waals surface area contributed by atoms with Gasteiger partial charge in [-0.25, -0.2) is 0 Å². The van der Waals surface area contributed by atoms with Gasteiger partial charge < -0.3 is 46.7 Å². The van der Waals surface area contributed by atoms with Crippen LogP contribution in [0.5, 0.6) is 46.0 Å². The largest absolute Gasteiger partial charge is 0.497 e. The Morgan fingerprint density at radius 2 is 0.554 bits per heavy atom. The van der Waals surface area contributed by atoms with Gasteiger partial charge in [-0.2, -0.15) is 0 Å². The molecule has 4 heterocycles. The van der Waals surface area contributed by atoms with Crippen LogP contribution in [0.2, 0.25) is 0 Å². The van der Waals surface area contributed by atoms with Crippen molar-refractivity contribution >= 4 is 47.0 Å². The molecule has 0 fully saturated rings. The highest BCUT2D eigenvalue weighted by Gasteiger charge is 2.39. The molecule has 56 heavy (non-hydrogen) atoms. The molecule has 0 aliphatic carbocycles. The van der Waals surface area contributed by atoms with E-state index in [0.717, 1.165) is 50.3 Å². The molecular formula is C42H36O10S4. The minimum absolute atomic E-state index is 0.628. The lowest BCUT2D eigenvalue weighted by Crippen LogP contribution is -1.91. The quantitative estimate of drug-likeness (QED) is 0.117. The van der Waals surface area contributed by atoms with Gasteiger partial charge in [0.25, 0.3) is 0 Å². The number of fused-ring (bicyclic) bond motifs is 2. The van der Waals surface area contributed by atoms with Crippen molar-refractivity contribution in [1.29, 1.82) is 0 Å². The van der Waals surface area contributed by atoms with Gasteiger partial charge in [0.05, 0.1) is 107 Å². The summed E-state index contributed by atoms with van der Waals surface area (Å²) < 4.78 is 61.3. The van der Waals surface area contributed by atoms with E-state index in [1.807, 2.05) is 72.8 Å². The van der Waals surface area contributed by atoms with Gasteiger partial charge in [-0.15, -0.1) is 0 Å². The molecule has 10 nitrogen and oxygen atoms in total. The minimum atomic E-state index is 0.628. The van der Waals surface area contributed by atoms with Crippen LogP contribution in [0, 0.1) is 0 Å². The monoisotopic (exact) mass is 828 g/mol. The molecule has 14 heteroatoms. The Morgan fingerprint density at radius 1 is 0.321 bits per heavy atom. The summed E-state index contributed by atoms with van der Waals surface area (Å²) in [5.74, 6) is 7.96. The van der Waals surface area contributed by atoms with Crippen LogP contribution in [0.1, 0.15) is 0 Å². The summed E-state index contributed by atoms with van der Waals surface area (Å²) in [7, 11) is 13.1. The van der Waals surface area contributed by atoms with Crippen LogP contribution in [0.3, 0.4) is 0 Å². The molecule has 2 aliphatic heterocycles. The van der Waals surface area contributed by atoms with Gasteiger partial charge in [0.2, 0.25) is 0 Å². The molecule has 0 radical (unpaired) electrons. The molecule has 0 spiro atoms. The molecule has 0 amide bonds. The van der Waals surface area contributed by atoms with Crippen LogP contribution < -0.4 is 37.9 Å². The van der Waals surface area contributed by atoms with Crippen LogP contribution >= 0.6 is 47.0 Å². The smallest absolute Gasteiger partial charge is 0.153 e. The van der Waals surface area contributed by atoms with Gasteiger partial charge in [0, 0.05) is 24.3 Å². The molecule has 6 aromatic rings. The maximum Gasteiger partial charge on any atom is 0.153 e. The standard InChI is InChI=1S/C42H36O10S4/c1-43-21-9-13-25(29(17-21)47-5)33-37-38(34(51-33)26-14-10-22(44-2)18-30(26)48-6)54-41(53-37)42-55-39-35(27-15-11-23(45-3)19-31(27)49-7)52-36(40(39)56-42)28-16-12-24(46-4)20-32(28)50-8/h9-20H,1-8H3. The second-order valence-corrected chi connectivity index (χ2v) is 16.7. The summed E-state index contributed by atoms with van der Waals surface area (Å²) in [5.41, 5.74) is 3.20. The topological polar surface area (TPSA) is 100 Å². The number of benzene rings is 4. The molecule has 4 aromatic carbocycles. The maximum absolute atomic E-state index is 6.81. The summed E-state index contributed by atoms with van der Waals surface area (Å²) in [5, 5.41) is 0. The zero-order valence-electron chi connectivity index (χ0n) is 31.6. The highest BCUT2D eigenvalue weighted by molar-refractivity contribution is 8.30. The third-order valence-electron chi connectivity index (χ3n) is 9.20. The molecule has 288 valence electrons. The first-order valence-electron chi connectivity index (χ1n) is 17.1. The summed E-state index contributed by atoms with van der Waals surface area (Å²) >= 11 is 6.66. The predicted molar refractivity (Wildman–Crippen MR) is 222 cm³/mol. The predicted octanol–water partition coefficient (Wildman–Crippen LogP) is 11.8. The summed E-state index contributed by atoms with van der Waals surface area (Å²) in [4.78, 5) is 3.89. The fourth-order valence-corrected chi connectivity index (χ4v) is 12.0. The van der Waals surface area contributed by atoms with Gasteiger partial charge in [0.15, 0.2) is 23.0 Å². The Balaban J connectivity index is 1.28. The molecule has 2 aromatic heterocycles. The molecule has 0 unspecified atom stereocenters. The van der Waals surface area contributed by atoms with E-state index < -0.39 is 0 Å². The molecule has 0 atom stereocenters. The maximum atomic E-state index is 6.81. The third kappa shape index (κ3) is 6.57. The van der Waals surface area contributed by atoms with Gasteiger partial charge in [-0.05, 0) is 48.5 Å². The number of methoxy groups -OCH3 is 8. The van der Waals surface area contributed by atoms with Gasteiger partial charge in [0.1, 0.15) is 46.0 Å². The molecule has 8 rings (SSSR count). The molecule has 0 saturated carbocycles. The Kier molecular flexibility index (Phi) is 10.7. The van der Waals surface area contributed by atoms with E-state index in [1.165, 1.54) is 0 Å². The number of furan rings is 2. The van der Waals surface area contributed by atoms with Crippen molar-refractivity contribution in [3.63, 3.8) is 0 Å². The van der Waals surface area contributed by atoms with Crippen molar-refractivity contribution < 1.29 is 46.7 Å². The van der Waals surface area contributed by atoms with Gasteiger partial charge in [-0.1, -0.05) is 47.0 Å². The Morgan fingerprint density at radius 3 is 0.750 bits per heavy atom. The van der Waals surface area contributed by atoms with Gasteiger partial charge >= 0.3 is 0 Å². The van der Waals surface area contributed by atoms with E-state index in [2.05, 4.69) is 0 Å². The average molecular weight is 829 g/mol. The zero-order valence-corrected chi connectivity index (χ0v) is 34.9. The van der Waals surface area contributed by atoms with E-state index in [-0.39, 0.29) is 0 Å². The molecule has 0 saturated heterocycles. The Hall–Kier alpha value is -5.02. The van der Waals surface area contributed by atoms with Crippen molar-refractivity contribution in [2.24, 2.45) is 0 Å². The first-order valence-corrected chi connectivity index (χ1v) is 20.3. The minimum Gasteiger partial charge on any atom is -0.497 e. The summed E-state index contributed by atoms with van der Waals surface area (Å²) in [6.07, 6.45) is 0. The van der Waals surface area contributed by atoms with Crippen LogP contribution in [-0.4, -0.2) is 56.9 Å². The van der Waals surface area contributed by atoms with Crippen molar-refractivity contribution in [2.75, 3.05) is 56.9 Å². The molecule has 2 aliphatic rings. The second kappa shape index (κ2) is 15.8. The van der Waals surface area contributed by atoms with Gasteiger partial charge in [-0.3, -0.25) is 0 Å². The number of thioether (sulfide) groups is 4. The molecule has 0 bridgehead atoms. The summed E-state index contributed by atoms with van der Waals surface area (Å²) in [6.45, 7) is 0. The first kappa shape index (κ1) is 37.9. The second-order valence-electron chi connectivity index (χ2n) is 12.1. The van der Waals surface area contributed by atoms with E-state index in [9.17, 15) is 0 Å². The lowest BCUT2D eigenvalue weighted by molar-refractivity contribution is 0.393. The van der Waals surface area contributed by atoms with Crippen LogP contribution in [-0.2, 0) is 0 Å². The third-order valence-corrected chi connectivity index (χ3v) is 14.9. The molecular weight excluding hydrogens is 793 g/mol. The highest BCUT2D eigenvalue weighted by atomic mass is 32.2. The zero-order chi connectivity index (χ0) is 39.1. The van der Waals surface area contributed by atoms with Crippen molar-refractivity contribution in [3.8, 4) is 91.3 Å². The highest BCUT2D eigenvalue weighted by Crippen LogP contribution is 2.68. The first-order chi connectivity index (χ1) is 27.4. The number of hydrogen-bond acceptors (Lipinski definition) is 14. The normalized spacial score (nSPS) is 13.0. The Bertz CT molecular complexity index is 2170. The van der Waals surface area contributed by atoms with E-state index in [1.54, 1.807) is 104 Å². The summed E-state index contributed by atoms with van der Waals surface area (Å²) in [6, 6.07) is 22.9. The van der Waals surface area contributed by atoms with Crippen LogP contribution in [0.4, 0.5) is 0 Å². The van der Waals surface area contributed by atoms with Crippen LogP contribution in [0.25, 0.3) is 45.3 Å². The van der Waals surface area contributed by atoms with E-state index in [4.69, 9.17) is 46.7 Å². The van der Waals surface area contributed by atoms with Crippen LogP contribution in [0.15, 0.2) is 110 Å². The number of ether oxygens (including phenoxy) is 8.